The molecule has 2 amide bonds. The molecule has 4 rings (SSSR count). The van der Waals surface area contributed by atoms with Crippen LogP contribution in [0.4, 0.5) is 17.3 Å². The van der Waals surface area contributed by atoms with Crippen LogP contribution in [-0.4, -0.2) is 85.2 Å². The Morgan fingerprint density at radius 1 is 1.24 bits per heavy atom. The van der Waals surface area contributed by atoms with Crippen molar-refractivity contribution in [1.29, 1.82) is 5.26 Å². The number of anilines is 3. The van der Waals surface area contributed by atoms with Gasteiger partial charge in [-0.3, -0.25) is 24.2 Å². The molecule has 0 atom stereocenters. The Labute approximate surface area is 216 Å². The van der Waals surface area contributed by atoms with Gasteiger partial charge in [0.1, 0.15) is 23.4 Å². The van der Waals surface area contributed by atoms with E-state index in [0.717, 1.165) is 36.9 Å². The van der Waals surface area contributed by atoms with Crippen LogP contribution in [0.5, 0.6) is 0 Å². The van der Waals surface area contributed by atoms with Crippen molar-refractivity contribution < 1.29 is 14.4 Å². The Hall–Kier alpha value is -4.48. The fourth-order valence-corrected chi connectivity index (χ4v) is 4.09. The maximum Gasteiger partial charge on any atom is 0.237 e. The van der Waals surface area contributed by atoms with Crippen molar-refractivity contribution in [2.24, 2.45) is 0 Å². The number of nitriles is 1. The van der Waals surface area contributed by atoms with Crippen LogP contribution in [0.15, 0.2) is 18.3 Å². The molecule has 2 N–H and O–H groups in total. The first kappa shape index (κ1) is 27.1. The lowest BCUT2D eigenvalue weighted by Gasteiger charge is -2.33. The Morgan fingerprint density at radius 3 is 2.70 bits per heavy atom. The van der Waals surface area contributed by atoms with Crippen LogP contribution in [0, 0.1) is 23.7 Å². The summed E-state index contributed by atoms with van der Waals surface area (Å²) in [4.78, 5) is 48.3. The minimum absolute atomic E-state index is 0.0582. The molecule has 0 radical (unpaired) electrons. The Morgan fingerprint density at radius 2 is 2.05 bits per heavy atom. The number of amides is 2. The second-order valence-corrected chi connectivity index (χ2v) is 8.62. The molecule has 2 aromatic rings. The van der Waals surface area contributed by atoms with Crippen molar-refractivity contribution in [1.82, 2.24) is 19.8 Å². The molecule has 0 aliphatic carbocycles. The molecular weight excluding hydrogens is 472 g/mol. The summed E-state index contributed by atoms with van der Waals surface area (Å²) in [6, 6.07) is 5.70. The third-order valence-corrected chi connectivity index (χ3v) is 6.08. The predicted molar refractivity (Wildman–Crippen MR) is 140 cm³/mol. The number of carbonyl (C=O) groups excluding carboxylic acids is 3. The number of aldehydes is 1. The third kappa shape index (κ3) is 6.81. The number of hydrogen-bond donors (Lipinski definition) is 2. The first-order valence-corrected chi connectivity index (χ1v) is 11.9. The van der Waals surface area contributed by atoms with Gasteiger partial charge in [-0.25, -0.2) is 9.97 Å². The molecule has 2 aliphatic heterocycles. The molecule has 192 valence electrons. The van der Waals surface area contributed by atoms with Crippen molar-refractivity contribution >= 4 is 35.9 Å². The van der Waals surface area contributed by atoms with E-state index in [1.54, 1.807) is 18.0 Å². The van der Waals surface area contributed by atoms with Gasteiger partial charge < -0.3 is 15.5 Å². The van der Waals surface area contributed by atoms with Crippen molar-refractivity contribution in [2.75, 3.05) is 62.4 Å². The molecule has 2 aliphatic rings. The van der Waals surface area contributed by atoms with Gasteiger partial charge in [-0.15, -0.1) is 6.42 Å². The minimum Gasteiger partial charge on any atom is -0.373 e. The molecule has 1 fully saturated rings. The molecule has 1 saturated heterocycles. The maximum absolute atomic E-state index is 12.1. The summed E-state index contributed by atoms with van der Waals surface area (Å²) in [5, 5.41) is 14.6. The number of nitrogens with one attached hydrogen (secondary N) is 2. The normalized spacial score (nSPS) is 14.9. The predicted octanol–water partition coefficient (Wildman–Crippen LogP) is 1.12. The second-order valence-electron chi connectivity index (χ2n) is 8.62. The molecule has 0 saturated carbocycles. The number of pyridine rings is 2. The first-order chi connectivity index (χ1) is 17.9. The third-order valence-electron chi connectivity index (χ3n) is 6.08. The van der Waals surface area contributed by atoms with Gasteiger partial charge in [0.2, 0.25) is 12.3 Å². The van der Waals surface area contributed by atoms with Crippen LogP contribution in [0.2, 0.25) is 0 Å². The van der Waals surface area contributed by atoms with E-state index >= 15 is 0 Å². The number of aryl methyl sites for hydroxylation is 1. The van der Waals surface area contributed by atoms with Gasteiger partial charge in [-0.1, -0.05) is 5.92 Å². The highest BCUT2D eigenvalue weighted by molar-refractivity contribution is 5.82. The van der Waals surface area contributed by atoms with E-state index in [1.807, 2.05) is 24.1 Å². The Balaban J connectivity index is 0.000000233. The average Bonchev–Trinajstić information content (AvgIpc) is 2.92. The molecule has 4 heterocycles. The zero-order valence-electron chi connectivity index (χ0n) is 21.0. The average molecular weight is 503 g/mol. The van der Waals surface area contributed by atoms with Crippen LogP contribution in [-0.2, 0) is 22.6 Å². The van der Waals surface area contributed by atoms with Crippen molar-refractivity contribution in [3.63, 3.8) is 0 Å². The van der Waals surface area contributed by atoms with Crippen molar-refractivity contribution in [3.05, 3.63) is 40.7 Å². The number of hydrogen-bond acceptors (Lipinski definition) is 9. The van der Waals surface area contributed by atoms with Gasteiger partial charge in [0.05, 0.1) is 24.3 Å². The topological polar surface area (TPSA) is 135 Å². The molecular formula is C26H30N8O3. The van der Waals surface area contributed by atoms with Crippen molar-refractivity contribution in [2.45, 2.75) is 19.4 Å². The monoisotopic (exact) mass is 502 g/mol. The molecule has 2 aromatic heterocycles. The van der Waals surface area contributed by atoms with Crippen LogP contribution in [0.3, 0.4) is 0 Å². The number of nitrogens with zero attached hydrogens (tertiary/aromatic N) is 6. The Kier molecular flexibility index (Phi) is 9.53. The zero-order chi connectivity index (χ0) is 26.8. The molecule has 11 nitrogen and oxygen atoms in total. The number of piperazine rings is 1. The summed E-state index contributed by atoms with van der Waals surface area (Å²) in [6.07, 6.45) is 9.78. The fourth-order valence-electron chi connectivity index (χ4n) is 4.09. The Bertz CT molecular complexity index is 1230. The highest BCUT2D eigenvalue weighted by atomic mass is 16.2. The number of rotatable bonds is 7. The standard InChI is InChI=1S/C16H20N4O3.C10H10N4/c1-18-5-6-19(15(23)9-18)8-13-7-12-3-2-4-20(11-22)16(12)17-14(13)10-21;1-3-4-13-9-5-10(12-2)14-7-8(9)6-11/h7,10-11H,2-6,8-9H2,1H3;1,5,7H,4H2,2H3,(H2,12,13,14). The summed E-state index contributed by atoms with van der Waals surface area (Å²) in [6.45, 7) is 3.26. The highest BCUT2D eigenvalue weighted by Gasteiger charge is 2.25. The van der Waals surface area contributed by atoms with Gasteiger partial charge in [0.15, 0.2) is 6.29 Å². The number of likely N-dealkylation sites (N-methyl/N-ethyl adjacent to an activating group) is 1. The lowest BCUT2D eigenvalue weighted by molar-refractivity contribution is -0.136. The van der Waals surface area contributed by atoms with E-state index in [1.165, 1.54) is 11.1 Å². The van der Waals surface area contributed by atoms with Crippen LogP contribution in [0.25, 0.3) is 0 Å². The van der Waals surface area contributed by atoms with E-state index in [-0.39, 0.29) is 5.91 Å². The molecule has 0 unspecified atom stereocenters. The quantitative estimate of drug-likeness (QED) is 0.422. The first-order valence-electron chi connectivity index (χ1n) is 11.9. The SMILES string of the molecule is C#CCNc1cc(NC)ncc1C#N.CN1CCN(Cc2cc3c(nc2C=O)N(C=O)CCC3)C(=O)C1. The zero-order valence-corrected chi connectivity index (χ0v) is 21.0. The molecule has 0 spiro atoms. The van der Waals surface area contributed by atoms with E-state index in [0.29, 0.717) is 67.6 Å². The van der Waals surface area contributed by atoms with Gasteiger partial charge in [0.25, 0.3) is 0 Å². The number of carbonyl (C=O) groups is 3. The summed E-state index contributed by atoms with van der Waals surface area (Å²) < 4.78 is 0. The van der Waals surface area contributed by atoms with Crippen molar-refractivity contribution in [3.8, 4) is 18.4 Å². The van der Waals surface area contributed by atoms with E-state index in [4.69, 9.17) is 11.7 Å². The lowest BCUT2D eigenvalue weighted by Crippen LogP contribution is -2.48. The lowest BCUT2D eigenvalue weighted by atomic mass is 10.0. The summed E-state index contributed by atoms with van der Waals surface area (Å²) >= 11 is 0. The summed E-state index contributed by atoms with van der Waals surface area (Å²) in [5.41, 5.74) is 3.21. The van der Waals surface area contributed by atoms with E-state index in [2.05, 4.69) is 26.5 Å². The summed E-state index contributed by atoms with van der Waals surface area (Å²) in [7, 11) is 3.68. The fraction of sp³-hybridized carbons (Fsp3) is 0.385. The van der Waals surface area contributed by atoms with Gasteiger partial charge in [-0.2, -0.15) is 5.26 Å². The molecule has 0 bridgehead atoms. The van der Waals surface area contributed by atoms with Crippen LogP contribution >= 0.6 is 0 Å². The highest BCUT2D eigenvalue weighted by Crippen LogP contribution is 2.27. The minimum atomic E-state index is 0.0582. The van der Waals surface area contributed by atoms with Crippen LogP contribution < -0.4 is 15.5 Å². The number of fused-ring (bicyclic) bond motifs is 1. The maximum atomic E-state index is 12.1. The molecule has 0 aromatic carbocycles. The smallest absolute Gasteiger partial charge is 0.237 e. The van der Waals surface area contributed by atoms with Gasteiger partial charge in [-0.05, 0) is 31.5 Å². The van der Waals surface area contributed by atoms with E-state index in [9.17, 15) is 14.4 Å². The molecule has 37 heavy (non-hydrogen) atoms. The molecule has 11 heteroatoms. The van der Waals surface area contributed by atoms with E-state index < -0.39 is 0 Å². The summed E-state index contributed by atoms with van der Waals surface area (Å²) in [5.74, 6) is 3.77. The van der Waals surface area contributed by atoms with Crippen LogP contribution in [0.1, 0.15) is 33.6 Å². The van der Waals surface area contributed by atoms with Gasteiger partial charge >= 0.3 is 0 Å². The largest absolute Gasteiger partial charge is 0.373 e. The second kappa shape index (κ2) is 13.0. The number of aromatic nitrogens is 2. The number of terminal acetylenes is 1. The van der Waals surface area contributed by atoms with Gasteiger partial charge in [0, 0.05) is 51.1 Å².